The number of halogens is 1. The predicted octanol–water partition coefficient (Wildman–Crippen LogP) is 2.54. The molecule has 0 spiro atoms. The average molecular weight is 308 g/mol. The highest BCUT2D eigenvalue weighted by molar-refractivity contribution is 9.10. The molecule has 0 bridgehead atoms. The van der Waals surface area contributed by atoms with E-state index >= 15 is 0 Å². The quantitative estimate of drug-likeness (QED) is 0.922. The fraction of sp³-hybridized carbons (Fsp3) is 0.357. The van der Waals surface area contributed by atoms with E-state index in [1.54, 1.807) is 0 Å². The van der Waals surface area contributed by atoms with Crippen LogP contribution in [-0.2, 0) is 19.9 Å². The maximum absolute atomic E-state index is 5.87. The molecular formula is C14H18BrN3. The second-order valence-corrected chi connectivity index (χ2v) is 5.54. The molecule has 1 atom stereocenters. The largest absolute Gasteiger partial charge is 0.330 e. The van der Waals surface area contributed by atoms with Gasteiger partial charge in [-0.3, -0.25) is 4.68 Å². The molecule has 0 saturated heterocycles. The Labute approximate surface area is 116 Å². The number of benzene rings is 1. The van der Waals surface area contributed by atoms with Gasteiger partial charge in [0, 0.05) is 17.7 Å². The lowest BCUT2D eigenvalue weighted by Gasteiger charge is -2.13. The third-order valence-electron chi connectivity index (χ3n) is 3.01. The van der Waals surface area contributed by atoms with Crippen LogP contribution in [0.4, 0.5) is 0 Å². The van der Waals surface area contributed by atoms with Crippen molar-refractivity contribution in [2.75, 3.05) is 6.54 Å². The van der Waals surface area contributed by atoms with Gasteiger partial charge in [-0.2, -0.15) is 5.10 Å². The molecule has 1 unspecified atom stereocenters. The highest BCUT2D eigenvalue weighted by Gasteiger charge is 2.11. The van der Waals surface area contributed by atoms with Crippen molar-refractivity contribution in [3.05, 3.63) is 52.3 Å². The first-order valence-electron chi connectivity index (χ1n) is 6.10. The molecule has 3 nitrogen and oxygen atoms in total. The molecule has 2 rings (SSSR count). The van der Waals surface area contributed by atoms with Crippen molar-refractivity contribution in [2.45, 2.75) is 12.8 Å². The molecule has 2 N–H and O–H groups in total. The van der Waals surface area contributed by atoms with Crippen molar-refractivity contribution >= 4 is 15.9 Å². The molecule has 0 fully saturated rings. The summed E-state index contributed by atoms with van der Waals surface area (Å²) >= 11 is 3.50. The third-order valence-corrected chi connectivity index (χ3v) is 3.51. The van der Waals surface area contributed by atoms with E-state index < -0.39 is 0 Å². The summed E-state index contributed by atoms with van der Waals surface area (Å²) in [5.74, 6) is 0.439. The number of nitrogens with two attached hydrogens (primary N) is 1. The van der Waals surface area contributed by atoms with Crippen LogP contribution in [-0.4, -0.2) is 16.3 Å². The first-order chi connectivity index (χ1) is 8.67. The normalized spacial score (nSPS) is 12.6. The third kappa shape index (κ3) is 3.68. The Kier molecular flexibility index (Phi) is 4.55. The van der Waals surface area contributed by atoms with Gasteiger partial charge in [0.25, 0.3) is 0 Å². The fourth-order valence-electron chi connectivity index (χ4n) is 2.10. The lowest BCUT2D eigenvalue weighted by molar-refractivity contribution is 0.522. The maximum Gasteiger partial charge on any atom is 0.0627 e. The Morgan fingerprint density at radius 3 is 2.78 bits per heavy atom. The van der Waals surface area contributed by atoms with Crippen molar-refractivity contribution in [1.82, 2.24) is 9.78 Å². The standard InChI is InChI=1S/C14H18BrN3/c1-18-6-5-14(17-18)9-12(10-16)7-11-3-2-4-13(15)8-11/h2-6,8,12H,7,9-10,16H2,1H3. The van der Waals surface area contributed by atoms with E-state index in [1.807, 2.05) is 24.0 Å². The lowest BCUT2D eigenvalue weighted by Crippen LogP contribution is -2.19. The second kappa shape index (κ2) is 6.16. The smallest absolute Gasteiger partial charge is 0.0627 e. The zero-order chi connectivity index (χ0) is 13.0. The molecule has 0 aliphatic heterocycles. The van der Waals surface area contributed by atoms with Gasteiger partial charge in [-0.1, -0.05) is 28.1 Å². The summed E-state index contributed by atoms with van der Waals surface area (Å²) in [6.07, 6.45) is 3.90. The van der Waals surface area contributed by atoms with Gasteiger partial charge in [0.2, 0.25) is 0 Å². The van der Waals surface area contributed by atoms with Crippen LogP contribution in [0.25, 0.3) is 0 Å². The number of nitrogens with zero attached hydrogens (tertiary/aromatic N) is 2. The van der Waals surface area contributed by atoms with Gasteiger partial charge in [-0.05, 0) is 49.1 Å². The fourth-order valence-corrected chi connectivity index (χ4v) is 2.55. The Balaban J connectivity index is 2.01. The Morgan fingerprint density at radius 1 is 1.33 bits per heavy atom. The molecule has 0 aliphatic carbocycles. The van der Waals surface area contributed by atoms with Crippen LogP contribution >= 0.6 is 15.9 Å². The monoisotopic (exact) mass is 307 g/mol. The van der Waals surface area contributed by atoms with Crippen LogP contribution in [0, 0.1) is 5.92 Å². The summed E-state index contributed by atoms with van der Waals surface area (Å²) in [4.78, 5) is 0. The molecular weight excluding hydrogens is 290 g/mol. The predicted molar refractivity (Wildman–Crippen MR) is 77.3 cm³/mol. The lowest BCUT2D eigenvalue weighted by atomic mass is 9.95. The topological polar surface area (TPSA) is 43.8 Å². The van der Waals surface area contributed by atoms with E-state index in [1.165, 1.54) is 5.56 Å². The van der Waals surface area contributed by atoms with Crippen molar-refractivity contribution < 1.29 is 0 Å². The van der Waals surface area contributed by atoms with Gasteiger partial charge in [0.15, 0.2) is 0 Å². The molecule has 2 aromatic rings. The summed E-state index contributed by atoms with van der Waals surface area (Å²) in [5.41, 5.74) is 8.30. The average Bonchev–Trinajstić information content (AvgIpc) is 2.74. The van der Waals surface area contributed by atoms with Crippen LogP contribution in [0.2, 0.25) is 0 Å². The van der Waals surface area contributed by atoms with Gasteiger partial charge < -0.3 is 5.73 Å². The molecule has 0 amide bonds. The number of aromatic nitrogens is 2. The second-order valence-electron chi connectivity index (χ2n) is 4.62. The summed E-state index contributed by atoms with van der Waals surface area (Å²) < 4.78 is 2.95. The molecule has 1 heterocycles. The van der Waals surface area contributed by atoms with Crippen LogP contribution in [0.3, 0.4) is 0 Å². The first-order valence-corrected chi connectivity index (χ1v) is 6.89. The zero-order valence-electron chi connectivity index (χ0n) is 10.5. The van der Waals surface area contributed by atoms with Gasteiger partial charge in [-0.15, -0.1) is 0 Å². The van der Waals surface area contributed by atoms with Crippen molar-refractivity contribution in [2.24, 2.45) is 18.7 Å². The molecule has 0 radical (unpaired) electrons. The van der Waals surface area contributed by atoms with Crippen LogP contribution in [0.15, 0.2) is 41.0 Å². The Hall–Kier alpha value is -1.13. The molecule has 0 aliphatic rings. The van der Waals surface area contributed by atoms with E-state index in [0.29, 0.717) is 12.5 Å². The van der Waals surface area contributed by atoms with Crippen molar-refractivity contribution in [3.63, 3.8) is 0 Å². The van der Waals surface area contributed by atoms with Gasteiger partial charge in [0.1, 0.15) is 0 Å². The van der Waals surface area contributed by atoms with E-state index in [9.17, 15) is 0 Å². The maximum atomic E-state index is 5.87. The van der Waals surface area contributed by atoms with E-state index in [2.05, 4.69) is 45.3 Å². The number of hydrogen-bond acceptors (Lipinski definition) is 2. The van der Waals surface area contributed by atoms with Crippen LogP contribution in [0.5, 0.6) is 0 Å². The number of hydrogen-bond donors (Lipinski definition) is 1. The molecule has 96 valence electrons. The Bertz CT molecular complexity index is 507. The minimum absolute atomic E-state index is 0.439. The zero-order valence-corrected chi connectivity index (χ0v) is 12.1. The molecule has 0 saturated carbocycles. The van der Waals surface area contributed by atoms with Crippen molar-refractivity contribution in [3.8, 4) is 0 Å². The number of rotatable bonds is 5. The highest BCUT2D eigenvalue weighted by atomic mass is 79.9. The van der Waals surface area contributed by atoms with Gasteiger partial charge >= 0.3 is 0 Å². The highest BCUT2D eigenvalue weighted by Crippen LogP contribution is 2.17. The van der Waals surface area contributed by atoms with Gasteiger partial charge in [0.05, 0.1) is 5.69 Å². The first kappa shape index (κ1) is 13.3. The molecule has 1 aromatic carbocycles. The summed E-state index contributed by atoms with van der Waals surface area (Å²) in [5, 5.41) is 4.41. The van der Waals surface area contributed by atoms with E-state index in [4.69, 9.17) is 5.73 Å². The summed E-state index contributed by atoms with van der Waals surface area (Å²) in [7, 11) is 1.94. The van der Waals surface area contributed by atoms with E-state index in [0.717, 1.165) is 23.0 Å². The number of aryl methyl sites for hydroxylation is 1. The molecule has 1 aromatic heterocycles. The SMILES string of the molecule is Cn1ccc(CC(CN)Cc2cccc(Br)c2)n1. The van der Waals surface area contributed by atoms with Crippen LogP contribution < -0.4 is 5.73 Å². The molecule has 4 heteroatoms. The van der Waals surface area contributed by atoms with Gasteiger partial charge in [-0.25, -0.2) is 0 Å². The summed E-state index contributed by atoms with van der Waals surface area (Å²) in [6, 6.07) is 10.5. The molecule has 18 heavy (non-hydrogen) atoms. The van der Waals surface area contributed by atoms with Crippen LogP contribution in [0.1, 0.15) is 11.3 Å². The summed E-state index contributed by atoms with van der Waals surface area (Å²) in [6.45, 7) is 0.684. The van der Waals surface area contributed by atoms with E-state index in [-0.39, 0.29) is 0 Å². The minimum Gasteiger partial charge on any atom is -0.330 e. The Morgan fingerprint density at radius 2 is 2.17 bits per heavy atom. The van der Waals surface area contributed by atoms with Crippen molar-refractivity contribution in [1.29, 1.82) is 0 Å². The minimum atomic E-state index is 0.439.